The zero-order valence-electron chi connectivity index (χ0n) is 16.2. The largest absolute Gasteiger partial charge is 0.457 e. The summed E-state index contributed by atoms with van der Waals surface area (Å²) in [6.07, 6.45) is 1.35. The molecule has 4 rings (SSSR count). The van der Waals surface area contributed by atoms with Crippen LogP contribution in [0, 0.1) is 13.8 Å². The van der Waals surface area contributed by atoms with Gasteiger partial charge in [0.25, 0.3) is 11.8 Å². The summed E-state index contributed by atoms with van der Waals surface area (Å²) >= 11 is 3.42. The van der Waals surface area contributed by atoms with Crippen LogP contribution >= 0.6 is 15.9 Å². The van der Waals surface area contributed by atoms with Crippen molar-refractivity contribution in [2.75, 3.05) is 4.90 Å². The standard InChI is InChI=1S/C23H17BrN2O4/c1-13-6-7-17(10-14(13)2)26-22(28)19(21(27)25-23(26)29)12-18-8-9-20(30-18)15-4-3-5-16(24)11-15/h3-12H,1-2H3,(H,25,27,29)/b19-12+. The van der Waals surface area contributed by atoms with E-state index in [-0.39, 0.29) is 5.57 Å². The van der Waals surface area contributed by atoms with E-state index in [2.05, 4.69) is 21.2 Å². The lowest BCUT2D eigenvalue weighted by atomic mass is 10.1. The molecule has 0 spiro atoms. The van der Waals surface area contributed by atoms with Gasteiger partial charge in [-0.05, 0) is 67.4 Å². The number of nitrogens with one attached hydrogen (secondary N) is 1. The summed E-state index contributed by atoms with van der Waals surface area (Å²) in [5.41, 5.74) is 3.03. The van der Waals surface area contributed by atoms with E-state index in [4.69, 9.17) is 4.42 Å². The number of hydrogen-bond acceptors (Lipinski definition) is 4. The van der Waals surface area contributed by atoms with Crippen LogP contribution in [-0.4, -0.2) is 17.8 Å². The van der Waals surface area contributed by atoms with Gasteiger partial charge >= 0.3 is 6.03 Å². The third-order valence-corrected chi connectivity index (χ3v) is 5.37. The van der Waals surface area contributed by atoms with Crippen molar-refractivity contribution in [1.29, 1.82) is 0 Å². The molecule has 0 bridgehead atoms. The van der Waals surface area contributed by atoms with Crippen LogP contribution in [0.15, 0.2) is 69.1 Å². The minimum atomic E-state index is -0.778. The van der Waals surface area contributed by atoms with Gasteiger partial charge in [-0.2, -0.15) is 0 Å². The Hall–Kier alpha value is -3.45. The molecule has 4 amide bonds. The van der Waals surface area contributed by atoms with Crippen LogP contribution in [0.1, 0.15) is 16.9 Å². The summed E-state index contributed by atoms with van der Waals surface area (Å²) in [5, 5.41) is 2.22. The molecule has 1 aliphatic heterocycles. The molecule has 0 saturated carbocycles. The molecular weight excluding hydrogens is 448 g/mol. The van der Waals surface area contributed by atoms with E-state index in [1.54, 1.807) is 24.3 Å². The van der Waals surface area contributed by atoms with Gasteiger partial charge in [-0.3, -0.25) is 14.9 Å². The highest BCUT2D eigenvalue weighted by atomic mass is 79.9. The molecule has 3 aromatic rings. The number of hydrogen-bond donors (Lipinski definition) is 1. The highest BCUT2D eigenvalue weighted by Crippen LogP contribution is 2.28. The third-order valence-electron chi connectivity index (χ3n) is 4.87. The lowest BCUT2D eigenvalue weighted by Gasteiger charge is -2.26. The first-order valence-corrected chi connectivity index (χ1v) is 9.97. The van der Waals surface area contributed by atoms with Crippen LogP contribution in [0.3, 0.4) is 0 Å². The first-order chi connectivity index (χ1) is 14.3. The third kappa shape index (κ3) is 3.71. The topological polar surface area (TPSA) is 79.6 Å². The van der Waals surface area contributed by atoms with Crippen molar-refractivity contribution in [3.63, 3.8) is 0 Å². The van der Waals surface area contributed by atoms with Crippen LogP contribution in [0.2, 0.25) is 0 Å². The first-order valence-electron chi connectivity index (χ1n) is 9.18. The molecular formula is C23H17BrN2O4. The molecule has 2 aromatic carbocycles. The molecule has 7 heteroatoms. The first kappa shape index (κ1) is 19.8. The fraction of sp³-hybridized carbons (Fsp3) is 0.0870. The van der Waals surface area contributed by atoms with Gasteiger partial charge in [-0.25, -0.2) is 9.69 Å². The number of amides is 4. The van der Waals surface area contributed by atoms with Crippen LogP contribution in [0.5, 0.6) is 0 Å². The zero-order chi connectivity index (χ0) is 21.4. The molecule has 1 aromatic heterocycles. The fourth-order valence-electron chi connectivity index (χ4n) is 3.13. The SMILES string of the molecule is Cc1ccc(N2C(=O)NC(=O)/C(=C\c3ccc(-c4cccc(Br)c4)o3)C2=O)cc1C. The molecule has 1 saturated heterocycles. The van der Waals surface area contributed by atoms with E-state index in [1.165, 1.54) is 6.08 Å². The predicted molar refractivity (Wildman–Crippen MR) is 117 cm³/mol. The smallest absolute Gasteiger partial charge is 0.335 e. The van der Waals surface area contributed by atoms with Crippen molar-refractivity contribution >= 4 is 45.5 Å². The quantitative estimate of drug-likeness (QED) is 0.437. The summed E-state index contributed by atoms with van der Waals surface area (Å²) in [5.74, 6) is -0.537. The summed E-state index contributed by atoms with van der Waals surface area (Å²) < 4.78 is 6.70. The predicted octanol–water partition coefficient (Wildman–Crippen LogP) is 4.99. The van der Waals surface area contributed by atoms with Gasteiger partial charge < -0.3 is 4.42 Å². The minimum absolute atomic E-state index is 0.178. The van der Waals surface area contributed by atoms with Crippen LogP contribution in [0.25, 0.3) is 17.4 Å². The Kier molecular flexibility index (Phi) is 5.13. The maximum absolute atomic E-state index is 13.0. The number of carbonyl (C=O) groups is 3. The number of imide groups is 2. The number of anilines is 1. The second kappa shape index (κ2) is 7.76. The molecule has 1 aliphatic rings. The molecule has 0 aliphatic carbocycles. The lowest BCUT2D eigenvalue weighted by Crippen LogP contribution is -2.54. The number of nitrogens with zero attached hydrogens (tertiary/aromatic N) is 1. The Morgan fingerprint density at radius 3 is 2.50 bits per heavy atom. The number of furan rings is 1. The van der Waals surface area contributed by atoms with E-state index in [1.807, 2.05) is 44.2 Å². The number of halogens is 1. The Bertz CT molecular complexity index is 1230. The van der Waals surface area contributed by atoms with Gasteiger partial charge in [0, 0.05) is 10.0 Å². The molecule has 6 nitrogen and oxygen atoms in total. The summed E-state index contributed by atoms with van der Waals surface area (Å²) in [6, 6.07) is 15.4. The van der Waals surface area contributed by atoms with Gasteiger partial charge in [0.15, 0.2) is 0 Å². The minimum Gasteiger partial charge on any atom is -0.457 e. The highest BCUT2D eigenvalue weighted by Gasteiger charge is 2.37. The van der Waals surface area contributed by atoms with Gasteiger partial charge in [0.2, 0.25) is 0 Å². The molecule has 0 unspecified atom stereocenters. The lowest BCUT2D eigenvalue weighted by molar-refractivity contribution is -0.122. The highest BCUT2D eigenvalue weighted by molar-refractivity contribution is 9.10. The Morgan fingerprint density at radius 2 is 1.77 bits per heavy atom. The fourth-order valence-corrected chi connectivity index (χ4v) is 3.53. The summed E-state index contributed by atoms with van der Waals surface area (Å²) in [4.78, 5) is 38.6. The Morgan fingerprint density at radius 1 is 0.967 bits per heavy atom. The van der Waals surface area contributed by atoms with Crippen molar-refractivity contribution in [3.8, 4) is 11.3 Å². The average molecular weight is 465 g/mol. The van der Waals surface area contributed by atoms with Crippen molar-refractivity contribution in [1.82, 2.24) is 5.32 Å². The number of aryl methyl sites for hydroxylation is 2. The number of benzene rings is 2. The van der Waals surface area contributed by atoms with E-state index < -0.39 is 17.8 Å². The second-order valence-corrected chi connectivity index (χ2v) is 7.85. The average Bonchev–Trinajstić information content (AvgIpc) is 3.16. The molecule has 2 heterocycles. The second-order valence-electron chi connectivity index (χ2n) is 6.94. The van der Waals surface area contributed by atoms with Gasteiger partial charge in [-0.15, -0.1) is 0 Å². The van der Waals surface area contributed by atoms with Gasteiger partial charge in [-0.1, -0.05) is 34.1 Å². The summed E-state index contributed by atoms with van der Waals surface area (Å²) in [7, 11) is 0. The number of urea groups is 1. The maximum atomic E-state index is 13.0. The number of rotatable bonds is 3. The van der Waals surface area contributed by atoms with Crippen molar-refractivity contribution in [3.05, 3.63) is 81.5 Å². The Labute approximate surface area is 181 Å². The molecule has 1 N–H and O–H groups in total. The summed E-state index contributed by atoms with van der Waals surface area (Å²) in [6.45, 7) is 3.82. The Balaban J connectivity index is 1.68. The number of barbiturate groups is 1. The van der Waals surface area contributed by atoms with Crippen molar-refractivity contribution in [2.45, 2.75) is 13.8 Å². The molecule has 0 radical (unpaired) electrons. The van der Waals surface area contributed by atoms with Crippen LogP contribution < -0.4 is 10.2 Å². The zero-order valence-corrected chi connectivity index (χ0v) is 17.8. The van der Waals surface area contributed by atoms with Crippen molar-refractivity contribution < 1.29 is 18.8 Å². The number of carbonyl (C=O) groups excluding carboxylic acids is 3. The van der Waals surface area contributed by atoms with Crippen LogP contribution in [0.4, 0.5) is 10.5 Å². The van der Waals surface area contributed by atoms with Crippen molar-refractivity contribution in [2.24, 2.45) is 0 Å². The molecule has 150 valence electrons. The van der Waals surface area contributed by atoms with E-state index >= 15 is 0 Å². The molecule has 0 atom stereocenters. The van der Waals surface area contributed by atoms with Gasteiger partial charge in [0.05, 0.1) is 5.69 Å². The van der Waals surface area contributed by atoms with Gasteiger partial charge in [0.1, 0.15) is 17.1 Å². The molecule has 30 heavy (non-hydrogen) atoms. The maximum Gasteiger partial charge on any atom is 0.335 e. The molecule has 1 fully saturated rings. The van der Waals surface area contributed by atoms with E-state index in [9.17, 15) is 14.4 Å². The van der Waals surface area contributed by atoms with Crippen LogP contribution in [-0.2, 0) is 9.59 Å². The van der Waals surface area contributed by atoms with E-state index in [0.29, 0.717) is 17.2 Å². The van der Waals surface area contributed by atoms with E-state index in [0.717, 1.165) is 26.1 Å². The normalized spacial score (nSPS) is 15.6. The monoisotopic (exact) mass is 464 g/mol.